The van der Waals surface area contributed by atoms with Crippen molar-refractivity contribution in [1.82, 2.24) is 0 Å². The van der Waals surface area contributed by atoms with E-state index in [4.69, 9.17) is 9.47 Å². The van der Waals surface area contributed by atoms with E-state index in [1.54, 1.807) is 0 Å². The first kappa shape index (κ1) is 11.8. The Morgan fingerprint density at radius 2 is 2.25 bits per heavy atom. The van der Waals surface area contributed by atoms with Crippen LogP contribution in [0.5, 0.6) is 11.5 Å². The molecule has 0 N–H and O–H groups in total. The van der Waals surface area contributed by atoms with E-state index in [1.807, 2.05) is 12.1 Å². The van der Waals surface area contributed by atoms with Crippen molar-refractivity contribution in [3.8, 4) is 11.5 Å². The Morgan fingerprint density at radius 1 is 1.44 bits per heavy atom. The highest BCUT2D eigenvalue weighted by atomic mass is 79.9. The Hall–Kier alpha value is -0.700. The summed E-state index contributed by atoms with van der Waals surface area (Å²) < 4.78 is 11.6. The molecule has 16 heavy (non-hydrogen) atoms. The Kier molecular flexibility index (Phi) is 3.43. The fourth-order valence-corrected chi connectivity index (χ4v) is 2.17. The average Bonchev–Trinajstić information content (AvgIpc) is 2.53. The molecule has 0 atom stereocenters. The summed E-state index contributed by atoms with van der Waals surface area (Å²) in [4.78, 5) is 0. The number of alkyl halides is 1. The third-order valence-corrected chi connectivity index (χ3v) is 3.15. The van der Waals surface area contributed by atoms with Crippen molar-refractivity contribution in [2.24, 2.45) is 0 Å². The summed E-state index contributed by atoms with van der Waals surface area (Å²) in [6, 6.07) is 6.13. The van der Waals surface area contributed by atoms with Gasteiger partial charge >= 0.3 is 0 Å². The van der Waals surface area contributed by atoms with E-state index in [2.05, 4.69) is 35.8 Å². The molecule has 1 aliphatic heterocycles. The van der Waals surface area contributed by atoms with Crippen LogP contribution < -0.4 is 9.47 Å². The molecule has 2 rings (SSSR count). The molecule has 88 valence electrons. The van der Waals surface area contributed by atoms with E-state index >= 15 is 0 Å². The molecule has 3 heteroatoms. The van der Waals surface area contributed by atoms with Crippen molar-refractivity contribution >= 4 is 15.9 Å². The minimum atomic E-state index is -0.1000. The monoisotopic (exact) mass is 284 g/mol. The maximum atomic E-state index is 5.92. The van der Waals surface area contributed by atoms with E-state index in [-0.39, 0.29) is 5.60 Å². The van der Waals surface area contributed by atoms with Crippen LogP contribution in [0, 0.1) is 0 Å². The number of halogens is 1. The van der Waals surface area contributed by atoms with Gasteiger partial charge in [-0.15, -0.1) is 0 Å². The van der Waals surface area contributed by atoms with Gasteiger partial charge in [-0.25, -0.2) is 0 Å². The zero-order valence-corrected chi connectivity index (χ0v) is 11.3. The second kappa shape index (κ2) is 4.66. The normalized spacial score (nSPS) is 16.7. The first-order chi connectivity index (χ1) is 7.62. The topological polar surface area (TPSA) is 18.5 Å². The molecule has 0 unspecified atom stereocenters. The van der Waals surface area contributed by atoms with Gasteiger partial charge in [0.1, 0.15) is 5.60 Å². The van der Waals surface area contributed by atoms with E-state index in [0.29, 0.717) is 0 Å². The largest absolute Gasteiger partial charge is 0.490 e. The molecule has 0 spiro atoms. The Balaban J connectivity index is 2.14. The maximum Gasteiger partial charge on any atom is 0.165 e. The van der Waals surface area contributed by atoms with Crippen LogP contribution in [0.1, 0.15) is 25.8 Å². The van der Waals surface area contributed by atoms with Gasteiger partial charge in [0, 0.05) is 17.3 Å². The molecule has 0 radical (unpaired) electrons. The van der Waals surface area contributed by atoms with Crippen LogP contribution >= 0.6 is 15.9 Å². The molecule has 1 aliphatic rings. The number of para-hydroxylation sites is 1. The summed E-state index contributed by atoms with van der Waals surface area (Å²) in [5.41, 5.74) is 1.15. The van der Waals surface area contributed by atoms with Gasteiger partial charge in [-0.2, -0.15) is 0 Å². The van der Waals surface area contributed by atoms with Crippen molar-refractivity contribution in [3.05, 3.63) is 23.8 Å². The third kappa shape index (κ3) is 2.51. The Bertz CT molecular complexity index is 374. The molecule has 0 amide bonds. The molecule has 2 nitrogen and oxygen atoms in total. The molecular weight excluding hydrogens is 268 g/mol. The van der Waals surface area contributed by atoms with Crippen LogP contribution in [-0.2, 0) is 6.42 Å². The van der Waals surface area contributed by atoms with Crippen LogP contribution in [0.15, 0.2) is 18.2 Å². The fraction of sp³-hybridized carbons (Fsp3) is 0.538. The minimum Gasteiger partial charge on any atom is -0.490 e. The van der Waals surface area contributed by atoms with Crippen LogP contribution in [0.25, 0.3) is 0 Å². The fourth-order valence-electron chi connectivity index (χ4n) is 1.94. The molecule has 1 aromatic rings. The second-order valence-corrected chi connectivity index (χ2v) is 5.47. The summed E-state index contributed by atoms with van der Waals surface area (Å²) in [6.45, 7) is 4.94. The molecular formula is C13H17BrO2. The van der Waals surface area contributed by atoms with E-state index in [9.17, 15) is 0 Å². The first-order valence-corrected chi connectivity index (χ1v) is 6.74. The highest BCUT2D eigenvalue weighted by molar-refractivity contribution is 9.09. The second-order valence-electron chi connectivity index (χ2n) is 4.67. The van der Waals surface area contributed by atoms with Gasteiger partial charge in [-0.3, -0.25) is 0 Å². The summed E-state index contributed by atoms with van der Waals surface area (Å²) in [6.07, 6.45) is 1.96. The first-order valence-electron chi connectivity index (χ1n) is 5.62. The number of rotatable bonds is 4. The van der Waals surface area contributed by atoms with Crippen molar-refractivity contribution in [3.63, 3.8) is 0 Å². The lowest BCUT2D eigenvalue weighted by molar-refractivity contribution is 0.132. The molecule has 1 aromatic carbocycles. The van der Waals surface area contributed by atoms with Gasteiger partial charge in [-0.05, 0) is 26.3 Å². The van der Waals surface area contributed by atoms with Crippen molar-refractivity contribution < 1.29 is 9.47 Å². The standard InChI is InChI=1S/C13H17BrO2/c1-13(2)9-10-5-3-6-11(12(10)16-13)15-8-4-7-14/h3,5-6H,4,7-9H2,1-2H3. The zero-order chi connectivity index (χ0) is 11.6. The SMILES string of the molecule is CC1(C)Cc2cccc(OCCCBr)c2O1. The smallest absolute Gasteiger partial charge is 0.165 e. The van der Waals surface area contributed by atoms with Gasteiger partial charge in [0.05, 0.1) is 6.61 Å². The minimum absolute atomic E-state index is 0.1000. The predicted octanol–water partition coefficient (Wildman–Crippen LogP) is 3.56. The maximum absolute atomic E-state index is 5.92. The summed E-state index contributed by atoms with van der Waals surface area (Å²) in [5.74, 6) is 1.81. The number of hydrogen-bond donors (Lipinski definition) is 0. The van der Waals surface area contributed by atoms with Gasteiger partial charge in [-0.1, -0.05) is 28.1 Å². The van der Waals surface area contributed by atoms with Crippen LogP contribution in [-0.4, -0.2) is 17.5 Å². The quantitative estimate of drug-likeness (QED) is 0.622. The molecule has 0 fully saturated rings. The van der Waals surface area contributed by atoms with Crippen molar-refractivity contribution in [1.29, 1.82) is 0 Å². The van der Waals surface area contributed by atoms with E-state index < -0.39 is 0 Å². The lowest BCUT2D eigenvalue weighted by Gasteiger charge is -2.18. The number of fused-ring (bicyclic) bond motifs is 1. The number of hydrogen-bond acceptors (Lipinski definition) is 2. The van der Waals surface area contributed by atoms with Gasteiger partial charge in [0.2, 0.25) is 0 Å². The van der Waals surface area contributed by atoms with E-state index in [0.717, 1.165) is 36.3 Å². The van der Waals surface area contributed by atoms with Crippen LogP contribution in [0.4, 0.5) is 0 Å². The third-order valence-electron chi connectivity index (χ3n) is 2.59. The zero-order valence-electron chi connectivity index (χ0n) is 9.75. The van der Waals surface area contributed by atoms with Crippen LogP contribution in [0.2, 0.25) is 0 Å². The number of ether oxygens (including phenoxy) is 2. The highest BCUT2D eigenvalue weighted by Crippen LogP contribution is 2.41. The summed E-state index contributed by atoms with van der Waals surface area (Å²) in [5, 5.41) is 0.967. The Morgan fingerprint density at radius 3 is 3.00 bits per heavy atom. The Labute approximate surface area is 105 Å². The van der Waals surface area contributed by atoms with Gasteiger partial charge in [0.15, 0.2) is 11.5 Å². The molecule has 0 aliphatic carbocycles. The highest BCUT2D eigenvalue weighted by Gasteiger charge is 2.32. The average molecular weight is 285 g/mol. The summed E-state index contributed by atoms with van der Waals surface area (Å²) >= 11 is 3.39. The number of benzene rings is 1. The molecule has 0 saturated carbocycles. The van der Waals surface area contributed by atoms with Crippen molar-refractivity contribution in [2.45, 2.75) is 32.3 Å². The lowest BCUT2D eigenvalue weighted by Crippen LogP contribution is -2.24. The lowest BCUT2D eigenvalue weighted by atomic mass is 10.0. The van der Waals surface area contributed by atoms with Crippen molar-refractivity contribution in [2.75, 3.05) is 11.9 Å². The van der Waals surface area contributed by atoms with E-state index in [1.165, 1.54) is 5.56 Å². The van der Waals surface area contributed by atoms with Gasteiger partial charge < -0.3 is 9.47 Å². The summed E-state index contributed by atoms with van der Waals surface area (Å²) in [7, 11) is 0. The van der Waals surface area contributed by atoms with Gasteiger partial charge in [0.25, 0.3) is 0 Å². The molecule has 0 aromatic heterocycles. The molecule has 1 heterocycles. The predicted molar refractivity (Wildman–Crippen MR) is 68.8 cm³/mol. The molecule has 0 bridgehead atoms. The molecule has 0 saturated heterocycles. The van der Waals surface area contributed by atoms with Crippen LogP contribution in [0.3, 0.4) is 0 Å².